The first kappa shape index (κ1) is 13.1. The maximum absolute atomic E-state index is 4.23. The van der Waals surface area contributed by atoms with Crippen molar-refractivity contribution in [3.63, 3.8) is 0 Å². The molecule has 0 saturated heterocycles. The van der Waals surface area contributed by atoms with Gasteiger partial charge in [-0.15, -0.1) is 10.2 Å². The van der Waals surface area contributed by atoms with Gasteiger partial charge in [-0.2, -0.15) is 0 Å². The van der Waals surface area contributed by atoms with Gasteiger partial charge in [0.15, 0.2) is 0 Å². The topological polar surface area (TPSA) is 46.0 Å². The van der Waals surface area contributed by atoms with Gasteiger partial charge in [-0.3, -0.25) is 4.90 Å². The summed E-state index contributed by atoms with van der Waals surface area (Å²) in [6.45, 7) is 6.57. The predicted octanol–water partition coefficient (Wildman–Crippen LogP) is 1.40. The molecule has 1 aromatic rings. The minimum Gasteiger partial charge on any atom is -0.315 e. The maximum atomic E-state index is 4.23. The van der Waals surface area contributed by atoms with Crippen LogP contribution in [-0.4, -0.2) is 44.8 Å². The summed E-state index contributed by atoms with van der Waals surface area (Å²) in [5.74, 6) is 1.13. The Morgan fingerprint density at radius 2 is 2.32 bits per heavy atom. The molecule has 106 valence electrons. The summed E-state index contributed by atoms with van der Waals surface area (Å²) < 4.78 is 2.19. The van der Waals surface area contributed by atoms with Crippen molar-refractivity contribution in [2.24, 2.45) is 0 Å². The Hall–Kier alpha value is -0.940. The van der Waals surface area contributed by atoms with E-state index < -0.39 is 0 Å². The van der Waals surface area contributed by atoms with E-state index in [9.17, 15) is 0 Å². The second-order valence-corrected chi connectivity index (χ2v) is 5.88. The van der Waals surface area contributed by atoms with Gasteiger partial charge in [0.1, 0.15) is 12.2 Å². The lowest BCUT2D eigenvalue weighted by atomic mass is 9.89. The lowest BCUT2D eigenvalue weighted by Gasteiger charge is -2.39. The SMILES string of the molecule is CCCNC1CCCC(N2CCn3cnnc3C2)C1. The number of nitrogens with zero attached hydrogens (tertiary/aromatic N) is 4. The van der Waals surface area contributed by atoms with Gasteiger partial charge in [0.2, 0.25) is 0 Å². The molecule has 1 aliphatic carbocycles. The summed E-state index contributed by atoms with van der Waals surface area (Å²) >= 11 is 0. The van der Waals surface area contributed by atoms with Crippen LogP contribution in [0.2, 0.25) is 0 Å². The number of rotatable bonds is 4. The molecule has 0 spiro atoms. The Morgan fingerprint density at radius 1 is 1.37 bits per heavy atom. The molecular weight excluding hydrogens is 238 g/mol. The van der Waals surface area contributed by atoms with Crippen LogP contribution >= 0.6 is 0 Å². The van der Waals surface area contributed by atoms with Gasteiger partial charge < -0.3 is 9.88 Å². The average Bonchev–Trinajstić information content (AvgIpc) is 2.92. The Morgan fingerprint density at radius 3 is 3.21 bits per heavy atom. The van der Waals surface area contributed by atoms with Gasteiger partial charge in [0, 0.05) is 25.2 Å². The van der Waals surface area contributed by atoms with Gasteiger partial charge in [0.25, 0.3) is 0 Å². The van der Waals surface area contributed by atoms with Crippen LogP contribution in [0.3, 0.4) is 0 Å². The molecule has 0 amide bonds. The van der Waals surface area contributed by atoms with E-state index in [-0.39, 0.29) is 0 Å². The van der Waals surface area contributed by atoms with Crippen molar-refractivity contribution >= 4 is 0 Å². The van der Waals surface area contributed by atoms with E-state index in [0.717, 1.165) is 44.1 Å². The van der Waals surface area contributed by atoms with E-state index in [0.29, 0.717) is 0 Å². The van der Waals surface area contributed by atoms with Gasteiger partial charge >= 0.3 is 0 Å². The number of hydrogen-bond donors (Lipinski definition) is 1. The van der Waals surface area contributed by atoms with Crippen LogP contribution in [0.15, 0.2) is 6.33 Å². The van der Waals surface area contributed by atoms with Gasteiger partial charge in [-0.05, 0) is 32.2 Å². The lowest BCUT2D eigenvalue weighted by molar-refractivity contribution is 0.108. The van der Waals surface area contributed by atoms with Crippen molar-refractivity contribution in [1.82, 2.24) is 25.0 Å². The van der Waals surface area contributed by atoms with Gasteiger partial charge in [-0.25, -0.2) is 0 Å². The molecule has 0 aromatic carbocycles. The van der Waals surface area contributed by atoms with E-state index in [2.05, 4.69) is 31.9 Å². The molecule has 1 aromatic heterocycles. The molecular formula is C14H25N5. The highest BCUT2D eigenvalue weighted by molar-refractivity contribution is 4.93. The van der Waals surface area contributed by atoms with Crippen LogP contribution in [0.25, 0.3) is 0 Å². The summed E-state index contributed by atoms with van der Waals surface area (Å²) in [6.07, 6.45) is 8.44. The average molecular weight is 263 g/mol. The van der Waals surface area contributed by atoms with Crippen LogP contribution in [0.5, 0.6) is 0 Å². The summed E-state index contributed by atoms with van der Waals surface area (Å²) in [5, 5.41) is 11.9. The highest BCUT2D eigenvalue weighted by Crippen LogP contribution is 2.25. The second-order valence-electron chi connectivity index (χ2n) is 5.88. The van der Waals surface area contributed by atoms with Crippen molar-refractivity contribution in [2.45, 2.75) is 64.2 Å². The first-order valence-corrected chi connectivity index (χ1v) is 7.71. The molecule has 0 radical (unpaired) electrons. The third kappa shape index (κ3) is 2.98. The molecule has 1 N–H and O–H groups in total. The van der Waals surface area contributed by atoms with Crippen LogP contribution in [0.1, 0.15) is 44.9 Å². The van der Waals surface area contributed by atoms with E-state index in [4.69, 9.17) is 0 Å². The summed E-state index contributed by atoms with van der Waals surface area (Å²) in [4.78, 5) is 2.61. The fourth-order valence-corrected chi connectivity index (χ4v) is 3.43. The minimum atomic E-state index is 0.721. The zero-order valence-corrected chi connectivity index (χ0v) is 11.9. The molecule has 5 heteroatoms. The number of aromatic nitrogens is 3. The normalized spacial score (nSPS) is 28.3. The van der Waals surface area contributed by atoms with E-state index in [1.54, 1.807) is 0 Å². The minimum absolute atomic E-state index is 0.721. The molecule has 5 nitrogen and oxygen atoms in total. The van der Waals surface area contributed by atoms with Crippen molar-refractivity contribution < 1.29 is 0 Å². The third-order valence-corrected chi connectivity index (χ3v) is 4.51. The molecule has 0 bridgehead atoms. The lowest BCUT2D eigenvalue weighted by Crippen LogP contribution is -2.47. The largest absolute Gasteiger partial charge is 0.315 e. The monoisotopic (exact) mass is 263 g/mol. The highest BCUT2D eigenvalue weighted by Gasteiger charge is 2.29. The fourth-order valence-electron chi connectivity index (χ4n) is 3.43. The smallest absolute Gasteiger partial charge is 0.147 e. The molecule has 1 fully saturated rings. The maximum Gasteiger partial charge on any atom is 0.147 e. The van der Waals surface area contributed by atoms with E-state index in [1.165, 1.54) is 32.1 Å². The van der Waals surface area contributed by atoms with Crippen molar-refractivity contribution in [2.75, 3.05) is 13.1 Å². The highest BCUT2D eigenvalue weighted by atomic mass is 15.3. The molecule has 3 rings (SSSR count). The summed E-state index contributed by atoms with van der Waals surface area (Å²) in [6, 6.07) is 1.45. The van der Waals surface area contributed by atoms with Crippen LogP contribution < -0.4 is 5.32 Å². The molecule has 2 aliphatic rings. The zero-order chi connectivity index (χ0) is 13.1. The number of nitrogens with one attached hydrogen (secondary N) is 1. The summed E-state index contributed by atoms with van der Waals surface area (Å²) in [5.41, 5.74) is 0. The van der Waals surface area contributed by atoms with E-state index >= 15 is 0 Å². The van der Waals surface area contributed by atoms with E-state index in [1.807, 2.05) is 6.33 Å². The molecule has 2 heterocycles. The summed E-state index contributed by atoms with van der Waals surface area (Å²) in [7, 11) is 0. The Balaban J connectivity index is 1.57. The Labute approximate surface area is 115 Å². The van der Waals surface area contributed by atoms with Crippen molar-refractivity contribution in [1.29, 1.82) is 0 Å². The quantitative estimate of drug-likeness (QED) is 0.892. The molecule has 2 atom stereocenters. The van der Waals surface area contributed by atoms with Crippen LogP contribution in [0.4, 0.5) is 0 Å². The Kier molecular flexibility index (Phi) is 4.13. The second kappa shape index (κ2) is 6.01. The number of hydrogen-bond acceptors (Lipinski definition) is 4. The molecule has 1 saturated carbocycles. The standard InChI is InChI=1S/C14H25N5/c1-2-6-15-12-4-3-5-13(9-12)18-7-8-19-11-16-17-14(19)10-18/h11-13,15H,2-10H2,1H3. The fraction of sp³-hybridized carbons (Fsp3) is 0.857. The third-order valence-electron chi connectivity index (χ3n) is 4.51. The van der Waals surface area contributed by atoms with Gasteiger partial charge in [-0.1, -0.05) is 13.3 Å². The Bertz CT molecular complexity index is 402. The van der Waals surface area contributed by atoms with Crippen LogP contribution in [0, 0.1) is 0 Å². The predicted molar refractivity (Wildman–Crippen MR) is 74.8 cm³/mol. The van der Waals surface area contributed by atoms with Crippen molar-refractivity contribution in [3.8, 4) is 0 Å². The molecule has 1 aliphatic heterocycles. The molecule has 2 unspecified atom stereocenters. The first-order chi connectivity index (χ1) is 9.36. The van der Waals surface area contributed by atoms with Gasteiger partial charge in [0.05, 0.1) is 6.54 Å². The van der Waals surface area contributed by atoms with Crippen LogP contribution in [-0.2, 0) is 13.1 Å². The van der Waals surface area contributed by atoms with Crippen molar-refractivity contribution in [3.05, 3.63) is 12.2 Å². The number of fused-ring (bicyclic) bond motifs is 1. The zero-order valence-electron chi connectivity index (χ0n) is 11.9. The molecule has 19 heavy (non-hydrogen) atoms. The first-order valence-electron chi connectivity index (χ1n) is 7.71.